The first-order valence-corrected chi connectivity index (χ1v) is 6.86. The fraction of sp³-hybridized carbons (Fsp3) is 0.0667. The molecule has 0 heterocycles. The lowest BCUT2D eigenvalue weighted by atomic mass is 10.1. The molecule has 7 heteroatoms. The van der Waals surface area contributed by atoms with Gasteiger partial charge in [-0.1, -0.05) is 0 Å². The zero-order valence-electron chi connectivity index (χ0n) is 11.3. The molecule has 4 nitrogen and oxygen atoms in total. The van der Waals surface area contributed by atoms with Crippen molar-refractivity contribution in [1.82, 2.24) is 0 Å². The van der Waals surface area contributed by atoms with Crippen LogP contribution in [-0.4, -0.2) is 19.0 Å². The summed E-state index contributed by atoms with van der Waals surface area (Å²) in [6.45, 7) is 0. The molecule has 2 aromatic carbocycles. The molecule has 1 N–H and O–H groups in total. The molecule has 0 unspecified atom stereocenters. The van der Waals surface area contributed by atoms with Gasteiger partial charge in [-0.25, -0.2) is 13.6 Å². The summed E-state index contributed by atoms with van der Waals surface area (Å²) < 4.78 is 31.6. The van der Waals surface area contributed by atoms with Crippen LogP contribution in [0.25, 0.3) is 0 Å². The Balaban J connectivity index is 2.29. The number of amides is 1. The van der Waals surface area contributed by atoms with Crippen molar-refractivity contribution in [2.75, 3.05) is 12.4 Å². The van der Waals surface area contributed by atoms with E-state index in [0.717, 1.165) is 25.3 Å². The van der Waals surface area contributed by atoms with Gasteiger partial charge in [0.1, 0.15) is 11.6 Å². The van der Waals surface area contributed by atoms with Crippen LogP contribution in [0.4, 0.5) is 14.5 Å². The largest absolute Gasteiger partial charge is 0.465 e. The zero-order chi connectivity index (χ0) is 16.3. The molecule has 0 fully saturated rings. The van der Waals surface area contributed by atoms with Gasteiger partial charge in [0.05, 0.1) is 18.2 Å². The number of nitrogens with one attached hydrogen (secondary N) is 1. The minimum Gasteiger partial charge on any atom is -0.465 e. The number of rotatable bonds is 3. The lowest BCUT2D eigenvalue weighted by molar-refractivity contribution is 0.0595. The molecular formula is C15H10BrF2NO3. The maximum absolute atomic E-state index is 13.5. The molecule has 0 aliphatic rings. The minimum absolute atomic E-state index is 0.0731. The molecule has 0 atom stereocenters. The van der Waals surface area contributed by atoms with Crippen molar-refractivity contribution in [3.05, 3.63) is 63.6 Å². The molecule has 0 bridgehead atoms. The highest BCUT2D eigenvalue weighted by Crippen LogP contribution is 2.21. The summed E-state index contributed by atoms with van der Waals surface area (Å²) in [6.07, 6.45) is 0. The number of carbonyl (C=O) groups is 2. The highest BCUT2D eigenvalue weighted by Gasteiger charge is 2.15. The Kier molecular flexibility index (Phi) is 4.87. The molecule has 0 saturated heterocycles. The standard InChI is InChI=1S/C15H10BrF2NO3/c1-22-15(21)11-7-9(3-5-13(11)18)19-14(20)10-6-8(17)2-4-12(10)16/h2-7H,1H3,(H,19,20). The summed E-state index contributed by atoms with van der Waals surface area (Å²) in [5.74, 6) is -2.80. The summed E-state index contributed by atoms with van der Waals surface area (Å²) >= 11 is 3.14. The lowest BCUT2D eigenvalue weighted by Crippen LogP contribution is -2.14. The Bertz CT molecular complexity index is 750. The third kappa shape index (κ3) is 3.48. The number of esters is 1. The smallest absolute Gasteiger partial charge is 0.340 e. The Morgan fingerprint density at radius 2 is 1.82 bits per heavy atom. The van der Waals surface area contributed by atoms with Crippen LogP contribution in [0.3, 0.4) is 0 Å². The van der Waals surface area contributed by atoms with E-state index in [1.807, 2.05) is 0 Å². The van der Waals surface area contributed by atoms with Crippen LogP contribution in [0.2, 0.25) is 0 Å². The fourth-order valence-electron chi connectivity index (χ4n) is 1.74. The summed E-state index contributed by atoms with van der Waals surface area (Å²) in [6, 6.07) is 7.12. The monoisotopic (exact) mass is 369 g/mol. The van der Waals surface area contributed by atoms with Crippen LogP contribution in [0.1, 0.15) is 20.7 Å². The van der Waals surface area contributed by atoms with E-state index in [9.17, 15) is 18.4 Å². The van der Waals surface area contributed by atoms with Gasteiger partial charge in [-0.2, -0.15) is 0 Å². The Morgan fingerprint density at radius 1 is 1.09 bits per heavy atom. The van der Waals surface area contributed by atoms with E-state index in [-0.39, 0.29) is 16.8 Å². The Morgan fingerprint density at radius 3 is 2.50 bits per heavy atom. The molecule has 0 radical (unpaired) electrons. The lowest BCUT2D eigenvalue weighted by Gasteiger charge is -2.09. The van der Waals surface area contributed by atoms with Gasteiger partial charge < -0.3 is 10.1 Å². The van der Waals surface area contributed by atoms with Gasteiger partial charge in [0, 0.05) is 10.2 Å². The van der Waals surface area contributed by atoms with E-state index >= 15 is 0 Å². The average Bonchev–Trinajstić information content (AvgIpc) is 2.50. The molecule has 22 heavy (non-hydrogen) atoms. The number of anilines is 1. The normalized spacial score (nSPS) is 10.2. The number of methoxy groups -OCH3 is 1. The van der Waals surface area contributed by atoms with Crippen molar-refractivity contribution in [3.8, 4) is 0 Å². The minimum atomic E-state index is -0.861. The molecule has 0 aliphatic carbocycles. The van der Waals surface area contributed by atoms with E-state index < -0.39 is 23.5 Å². The molecule has 114 valence electrons. The molecule has 0 aliphatic heterocycles. The van der Waals surface area contributed by atoms with Gasteiger partial charge in [0.15, 0.2) is 0 Å². The van der Waals surface area contributed by atoms with E-state index in [0.29, 0.717) is 4.47 Å². The summed E-state index contributed by atoms with van der Waals surface area (Å²) in [5.41, 5.74) is -0.0505. The van der Waals surface area contributed by atoms with Gasteiger partial charge in [-0.15, -0.1) is 0 Å². The highest BCUT2D eigenvalue weighted by molar-refractivity contribution is 9.10. The SMILES string of the molecule is COC(=O)c1cc(NC(=O)c2cc(F)ccc2Br)ccc1F. The molecular weight excluding hydrogens is 360 g/mol. The molecule has 2 rings (SSSR count). The fourth-order valence-corrected chi connectivity index (χ4v) is 2.17. The summed E-state index contributed by atoms with van der Waals surface area (Å²) in [4.78, 5) is 23.5. The molecule has 0 saturated carbocycles. The first kappa shape index (κ1) is 16.1. The second-order valence-electron chi connectivity index (χ2n) is 4.26. The number of carbonyl (C=O) groups excluding carboxylic acids is 2. The van der Waals surface area contributed by atoms with Crippen molar-refractivity contribution in [2.24, 2.45) is 0 Å². The van der Waals surface area contributed by atoms with Crippen LogP contribution in [0, 0.1) is 11.6 Å². The Labute approximate surface area is 133 Å². The van der Waals surface area contributed by atoms with Crippen LogP contribution < -0.4 is 5.32 Å². The van der Waals surface area contributed by atoms with Crippen molar-refractivity contribution in [1.29, 1.82) is 0 Å². The van der Waals surface area contributed by atoms with Crippen molar-refractivity contribution >= 4 is 33.5 Å². The van der Waals surface area contributed by atoms with Crippen LogP contribution >= 0.6 is 15.9 Å². The maximum Gasteiger partial charge on any atom is 0.340 e. The van der Waals surface area contributed by atoms with Gasteiger partial charge in [0.25, 0.3) is 5.91 Å². The van der Waals surface area contributed by atoms with Crippen molar-refractivity contribution < 1.29 is 23.1 Å². The van der Waals surface area contributed by atoms with Gasteiger partial charge in [0.2, 0.25) is 0 Å². The summed E-state index contributed by atoms with van der Waals surface area (Å²) in [5, 5.41) is 2.46. The van der Waals surface area contributed by atoms with E-state index in [1.54, 1.807) is 0 Å². The first-order valence-electron chi connectivity index (χ1n) is 6.06. The first-order chi connectivity index (χ1) is 10.4. The quantitative estimate of drug-likeness (QED) is 0.837. The highest BCUT2D eigenvalue weighted by atomic mass is 79.9. The number of halogens is 3. The predicted octanol–water partition coefficient (Wildman–Crippen LogP) is 3.77. The van der Waals surface area contributed by atoms with E-state index in [4.69, 9.17) is 0 Å². The van der Waals surface area contributed by atoms with Gasteiger partial charge in [-0.05, 0) is 52.3 Å². The van der Waals surface area contributed by atoms with E-state index in [1.165, 1.54) is 18.2 Å². The number of hydrogen-bond acceptors (Lipinski definition) is 3. The molecule has 2 aromatic rings. The van der Waals surface area contributed by atoms with Gasteiger partial charge in [-0.3, -0.25) is 4.79 Å². The molecule has 0 spiro atoms. The number of ether oxygens (including phenoxy) is 1. The second-order valence-corrected chi connectivity index (χ2v) is 5.12. The third-order valence-corrected chi connectivity index (χ3v) is 3.49. The topological polar surface area (TPSA) is 55.4 Å². The second kappa shape index (κ2) is 6.65. The predicted molar refractivity (Wildman–Crippen MR) is 79.8 cm³/mol. The van der Waals surface area contributed by atoms with Crippen molar-refractivity contribution in [2.45, 2.75) is 0 Å². The van der Waals surface area contributed by atoms with Gasteiger partial charge >= 0.3 is 5.97 Å². The van der Waals surface area contributed by atoms with Crippen LogP contribution in [0.5, 0.6) is 0 Å². The maximum atomic E-state index is 13.5. The van der Waals surface area contributed by atoms with Crippen molar-refractivity contribution in [3.63, 3.8) is 0 Å². The third-order valence-electron chi connectivity index (χ3n) is 2.80. The van der Waals surface area contributed by atoms with Crippen LogP contribution in [0.15, 0.2) is 40.9 Å². The Hall–Kier alpha value is -2.28. The van der Waals surface area contributed by atoms with E-state index in [2.05, 4.69) is 26.0 Å². The number of benzene rings is 2. The molecule has 0 aromatic heterocycles. The number of hydrogen-bond donors (Lipinski definition) is 1. The summed E-state index contributed by atoms with van der Waals surface area (Å²) in [7, 11) is 1.12. The zero-order valence-corrected chi connectivity index (χ0v) is 12.9. The average molecular weight is 370 g/mol. The molecule has 1 amide bonds. The van der Waals surface area contributed by atoms with Crippen LogP contribution in [-0.2, 0) is 4.74 Å².